The van der Waals surface area contributed by atoms with Crippen LogP contribution in [0.15, 0.2) is 35.4 Å². The summed E-state index contributed by atoms with van der Waals surface area (Å²) in [5.74, 6) is 1.89. The number of fused-ring (bicyclic) bond motifs is 4. The molecule has 6 nitrogen and oxygen atoms in total. The van der Waals surface area contributed by atoms with Gasteiger partial charge in [-0.3, -0.25) is 9.69 Å². The second kappa shape index (κ2) is 5.86. The molecule has 4 atom stereocenters. The van der Waals surface area contributed by atoms with Crippen molar-refractivity contribution in [2.45, 2.75) is 36.8 Å². The van der Waals surface area contributed by atoms with Gasteiger partial charge in [0, 0.05) is 36.4 Å². The summed E-state index contributed by atoms with van der Waals surface area (Å²) >= 11 is 0. The zero-order valence-electron chi connectivity index (χ0n) is 16.9. The van der Waals surface area contributed by atoms with E-state index in [1.807, 2.05) is 12.1 Å². The molecule has 1 aromatic carbocycles. The molecule has 1 spiro atoms. The highest BCUT2D eigenvalue weighted by Gasteiger charge is 2.67. The summed E-state index contributed by atoms with van der Waals surface area (Å²) in [5.41, 5.74) is 4.83. The molecule has 6 rings (SSSR count). The van der Waals surface area contributed by atoms with Crippen LogP contribution in [-0.4, -0.2) is 61.9 Å². The van der Waals surface area contributed by atoms with E-state index in [1.165, 1.54) is 16.7 Å². The van der Waals surface area contributed by atoms with Gasteiger partial charge in [0.2, 0.25) is 5.91 Å². The molecule has 4 aliphatic heterocycles. The number of aliphatic hydroxyl groups is 1. The highest BCUT2D eigenvalue weighted by Crippen LogP contribution is 2.65. The van der Waals surface area contributed by atoms with Crippen molar-refractivity contribution in [1.29, 1.82) is 0 Å². The first-order chi connectivity index (χ1) is 14.1. The van der Waals surface area contributed by atoms with Gasteiger partial charge in [-0.2, -0.15) is 0 Å². The van der Waals surface area contributed by atoms with Crippen LogP contribution in [0.1, 0.15) is 24.8 Å². The third-order valence-corrected chi connectivity index (χ3v) is 8.00. The minimum atomic E-state index is -0.0853. The van der Waals surface area contributed by atoms with Crippen molar-refractivity contribution < 1.29 is 19.4 Å². The number of benzene rings is 1. The Morgan fingerprint density at radius 1 is 1.28 bits per heavy atom. The fourth-order valence-electron chi connectivity index (χ4n) is 6.98. The quantitative estimate of drug-likeness (QED) is 0.795. The Bertz CT molecular complexity index is 983. The summed E-state index contributed by atoms with van der Waals surface area (Å²) in [5, 5.41) is 9.59. The van der Waals surface area contributed by atoms with Gasteiger partial charge < -0.3 is 19.5 Å². The number of hydrogen-bond donors (Lipinski definition) is 1. The van der Waals surface area contributed by atoms with Crippen LogP contribution >= 0.6 is 0 Å². The Hall–Kier alpha value is -2.31. The Morgan fingerprint density at radius 2 is 2.07 bits per heavy atom. The standard InChI is InChI=1S/C23H26N2O4/c1-28-18-10-16-17(11-19(18)29-2)25-21(27)4-3-14-15-9-20-23(16,22(14)25)6-7-24(20)12-13(15)5-8-26/h3,5,10-11,15,20,22,26H,4,6-9,12H2,1-2H3/b13-5+/t15-,20-,22-,23+/m0/s1. The molecule has 0 unspecified atom stereocenters. The Morgan fingerprint density at radius 3 is 2.83 bits per heavy atom. The van der Waals surface area contributed by atoms with Gasteiger partial charge in [0.15, 0.2) is 11.5 Å². The van der Waals surface area contributed by atoms with Crippen LogP contribution in [0.25, 0.3) is 0 Å². The molecule has 1 amide bonds. The monoisotopic (exact) mass is 394 g/mol. The molecule has 0 radical (unpaired) electrons. The fourth-order valence-corrected chi connectivity index (χ4v) is 6.98. The molecule has 1 aromatic rings. The predicted octanol–water partition coefficient (Wildman–Crippen LogP) is 2.01. The van der Waals surface area contributed by atoms with Crippen molar-refractivity contribution in [2.24, 2.45) is 5.92 Å². The van der Waals surface area contributed by atoms with E-state index in [9.17, 15) is 9.90 Å². The van der Waals surface area contributed by atoms with Crippen molar-refractivity contribution in [3.63, 3.8) is 0 Å². The lowest BCUT2D eigenvalue weighted by molar-refractivity contribution is -0.118. The van der Waals surface area contributed by atoms with Crippen LogP contribution in [-0.2, 0) is 10.2 Å². The number of carbonyl (C=O) groups excluding carboxylic acids is 1. The highest BCUT2D eigenvalue weighted by molar-refractivity contribution is 6.01. The largest absolute Gasteiger partial charge is 0.493 e. The normalized spacial score (nSPS) is 35.5. The van der Waals surface area contributed by atoms with Crippen LogP contribution < -0.4 is 14.4 Å². The molecule has 1 saturated carbocycles. The van der Waals surface area contributed by atoms with Crippen molar-refractivity contribution in [3.05, 3.63) is 41.0 Å². The molecule has 152 valence electrons. The number of carbonyl (C=O) groups is 1. The van der Waals surface area contributed by atoms with Crippen molar-refractivity contribution in [1.82, 2.24) is 4.90 Å². The molecular formula is C23H26N2O4. The van der Waals surface area contributed by atoms with E-state index in [1.54, 1.807) is 14.2 Å². The van der Waals surface area contributed by atoms with Crippen LogP contribution in [0.3, 0.4) is 0 Å². The van der Waals surface area contributed by atoms with E-state index in [0.29, 0.717) is 24.1 Å². The summed E-state index contributed by atoms with van der Waals surface area (Å²) in [6.07, 6.45) is 6.70. The van der Waals surface area contributed by atoms with Crippen LogP contribution in [0.5, 0.6) is 11.5 Å². The summed E-state index contributed by atoms with van der Waals surface area (Å²) in [6, 6.07) is 4.59. The van der Waals surface area contributed by atoms with Crippen LogP contribution in [0, 0.1) is 5.92 Å². The molecule has 29 heavy (non-hydrogen) atoms. The molecule has 5 aliphatic rings. The number of ether oxygens (including phenoxy) is 2. The maximum absolute atomic E-state index is 13.2. The molecule has 0 aromatic heterocycles. The van der Waals surface area contributed by atoms with E-state index in [4.69, 9.17) is 9.47 Å². The van der Waals surface area contributed by atoms with E-state index >= 15 is 0 Å². The molecule has 1 aliphatic carbocycles. The Kier molecular flexibility index (Phi) is 3.55. The van der Waals surface area contributed by atoms with Crippen molar-refractivity contribution in [3.8, 4) is 11.5 Å². The van der Waals surface area contributed by atoms with E-state index < -0.39 is 0 Å². The maximum Gasteiger partial charge on any atom is 0.231 e. The van der Waals surface area contributed by atoms with Gasteiger partial charge in [-0.05, 0) is 36.6 Å². The minimum absolute atomic E-state index is 0.0618. The molecule has 3 fully saturated rings. The van der Waals surface area contributed by atoms with Crippen molar-refractivity contribution in [2.75, 3.05) is 38.8 Å². The highest BCUT2D eigenvalue weighted by atomic mass is 16.5. The fraction of sp³-hybridized carbons (Fsp3) is 0.522. The number of anilines is 1. The number of aliphatic hydroxyl groups excluding tert-OH is 1. The topological polar surface area (TPSA) is 62.2 Å². The van der Waals surface area contributed by atoms with Gasteiger partial charge >= 0.3 is 0 Å². The number of nitrogens with zero attached hydrogens (tertiary/aromatic N) is 2. The van der Waals surface area contributed by atoms with Gasteiger partial charge in [0.05, 0.1) is 32.6 Å². The zero-order chi connectivity index (χ0) is 19.9. The second-order valence-corrected chi connectivity index (χ2v) is 8.83. The van der Waals surface area contributed by atoms with Gasteiger partial charge in [-0.1, -0.05) is 17.7 Å². The Labute approximate surface area is 170 Å². The number of rotatable bonds is 3. The zero-order valence-corrected chi connectivity index (χ0v) is 16.9. The van der Waals surface area contributed by atoms with E-state index in [-0.39, 0.29) is 24.0 Å². The summed E-state index contributed by atoms with van der Waals surface area (Å²) in [4.78, 5) is 17.8. The summed E-state index contributed by atoms with van der Waals surface area (Å²) in [7, 11) is 3.31. The molecule has 2 saturated heterocycles. The molecule has 4 heterocycles. The SMILES string of the molecule is COc1cc2c(cc1OC)[C@]13CCN4C/C(=C\CO)[C@H](C[C@H]41)C1=CCC(=O)N2[C@@H]13. The molecule has 6 heteroatoms. The molecule has 2 bridgehead atoms. The molecule has 1 N–H and O–H groups in total. The Balaban J connectivity index is 1.62. The number of amides is 1. The summed E-state index contributed by atoms with van der Waals surface area (Å²) < 4.78 is 11.2. The third kappa shape index (κ3) is 1.96. The number of hydrogen-bond acceptors (Lipinski definition) is 5. The van der Waals surface area contributed by atoms with Gasteiger partial charge in [-0.15, -0.1) is 0 Å². The van der Waals surface area contributed by atoms with Crippen LogP contribution in [0.4, 0.5) is 5.69 Å². The molecular weight excluding hydrogens is 368 g/mol. The number of piperidine rings is 1. The van der Waals surface area contributed by atoms with Gasteiger partial charge in [-0.25, -0.2) is 0 Å². The first kappa shape index (κ1) is 17.5. The average Bonchev–Trinajstić information content (AvgIpc) is 3.27. The minimum Gasteiger partial charge on any atom is -0.493 e. The van der Waals surface area contributed by atoms with Gasteiger partial charge in [0.25, 0.3) is 0 Å². The first-order valence-corrected chi connectivity index (χ1v) is 10.5. The van der Waals surface area contributed by atoms with E-state index in [0.717, 1.165) is 37.4 Å². The number of methoxy groups -OCH3 is 2. The lowest BCUT2D eigenvalue weighted by atomic mass is 9.57. The smallest absolute Gasteiger partial charge is 0.231 e. The second-order valence-electron chi connectivity index (χ2n) is 8.83. The predicted molar refractivity (Wildman–Crippen MR) is 108 cm³/mol. The lowest BCUT2D eigenvalue weighted by Crippen LogP contribution is -2.62. The van der Waals surface area contributed by atoms with Crippen LogP contribution in [0.2, 0.25) is 0 Å². The van der Waals surface area contributed by atoms with E-state index in [2.05, 4.69) is 21.9 Å². The van der Waals surface area contributed by atoms with Crippen molar-refractivity contribution >= 4 is 11.6 Å². The van der Waals surface area contributed by atoms with Gasteiger partial charge in [0.1, 0.15) is 0 Å². The summed E-state index contributed by atoms with van der Waals surface area (Å²) in [6.45, 7) is 2.00. The lowest BCUT2D eigenvalue weighted by Gasteiger charge is -2.54. The average molecular weight is 394 g/mol. The third-order valence-electron chi connectivity index (χ3n) is 8.00. The first-order valence-electron chi connectivity index (χ1n) is 10.5. The maximum atomic E-state index is 13.2.